The van der Waals surface area contributed by atoms with Crippen molar-refractivity contribution in [3.63, 3.8) is 0 Å². The number of hydrogen-bond donors (Lipinski definition) is 1. The largest absolute Gasteiger partial charge is 0.343 e. The zero-order valence-corrected chi connectivity index (χ0v) is 15.2. The summed E-state index contributed by atoms with van der Waals surface area (Å²) >= 11 is 2.10. The number of amides is 3. The minimum Gasteiger partial charge on any atom is -0.343 e. The van der Waals surface area contributed by atoms with Crippen LogP contribution < -0.4 is 5.32 Å². The third-order valence-electron chi connectivity index (χ3n) is 3.81. The number of carbonyl (C=O) groups excluding carboxylic acids is 3. The molecule has 1 heterocycles. The molecule has 0 unspecified atom stereocenters. The fourth-order valence-corrected chi connectivity index (χ4v) is 3.12. The van der Waals surface area contributed by atoms with Crippen LogP contribution in [0.25, 0.3) is 0 Å². The Morgan fingerprint density at radius 1 is 1.09 bits per heavy atom. The van der Waals surface area contributed by atoms with Gasteiger partial charge < -0.3 is 15.1 Å². The van der Waals surface area contributed by atoms with Gasteiger partial charge in [-0.1, -0.05) is 12.1 Å². The highest BCUT2D eigenvalue weighted by Gasteiger charge is 2.20. The summed E-state index contributed by atoms with van der Waals surface area (Å²) in [6, 6.07) is 7.24. The van der Waals surface area contributed by atoms with Crippen LogP contribution >= 0.6 is 22.6 Å². The van der Waals surface area contributed by atoms with Gasteiger partial charge in [-0.15, -0.1) is 0 Å². The van der Waals surface area contributed by atoms with Crippen LogP contribution in [0.5, 0.6) is 0 Å². The fraction of sp³-hybridized carbons (Fsp3) is 0.438. The highest BCUT2D eigenvalue weighted by Crippen LogP contribution is 2.11. The molecular weight excluding hydrogens is 409 g/mol. The lowest BCUT2D eigenvalue weighted by atomic mass is 10.2. The van der Waals surface area contributed by atoms with Gasteiger partial charge in [-0.25, -0.2) is 0 Å². The number of nitrogens with zero attached hydrogens (tertiary/aromatic N) is 2. The molecular formula is C16H20IN3O3. The normalized spacial score (nSPS) is 15.0. The Morgan fingerprint density at radius 3 is 2.43 bits per heavy atom. The summed E-state index contributed by atoms with van der Waals surface area (Å²) < 4.78 is 0.849. The molecule has 7 heteroatoms. The lowest BCUT2D eigenvalue weighted by Gasteiger charge is -2.21. The van der Waals surface area contributed by atoms with Crippen molar-refractivity contribution in [1.82, 2.24) is 15.1 Å². The van der Waals surface area contributed by atoms with E-state index in [1.165, 1.54) is 0 Å². The Morgan fingerprint density at radius 2 is 1.74 bits per heavy atom. The zero-order valence-electron chi connectivity index (χ0n) is 13.0. The third-order valence-corrected chi connectivity index (χ3v) is 4.75. The second-order valence-electron chi connectivity index (χ2n) is 5.40. The van der Waals surface area contributed by atoms with Crippen molar-refractivity contribution in [2.75, 3.05) is 32.7 Å². The van der Waals surface area contributed by atoms with Gasteiger partial charge >= 0.3 is 0 Å². The maximum absolute atomic E-state index is 12.3. The van der Waals surface area contributed by atoms with Crippen molar-refractivity contribution in [2.24, 2.45) is 0 Å². The summed E-state index contributed by atoms with van der Waals surface area (Å²) in [7, 11) is 0. The molecule has 0 aliphatic carbocycles. The Bertz CT molecular complexity index is 606. The SMILES string of the molecule is CC(=O)N1CCCN(C(=O)CNC(=O)c2ccccc2I)CC1. The second kappa shape index (κ2) is 8.28. The average Bonchev–Trinajstić information content (AvgIpc) is 2.79. The zero-order chi connectivity index (χ0) is 16.8. The summed E-state index contributed by atoms with van der Waals surface area (Å²) in [6.07, 6.45) is 0.760. The van der Waals surface area contributed by atoms with E-state index in [4.69, 9.17) is 0 Å². The van der Waals surface area contributed by atoms with Gasteiger partial charge in [0.15, 0.2) is 0 Å². The Kier molecular flexibility index (Phi) is 6.37. The second-order valence-corrected chi connectivity index (χ2v) is 6.57. The standard InChI is InChI=1S/C16H20IN3O3/c1-12(21)19-7-4-8-20(10-9-19)15(22)11-18-16(23)13-5-2-3-6-14(13)17/h2-3,5-6H,4,7-11H2,1H3,(H,18,23). The van der Waals surface area contributed by atoms with Crippen LogP contribution in [0.4, 0.5) is 0 Å². The molecule has 0 atom stereocenters. The molecule has 0 spiro atoms. The third kappa shape index (κ3) is 4.92. The van der Waals surface area contributed by atoms with Gasteiger partial charge in [0.05, 0.1) is 12.1 Å². The fourth-order valence-electron chi connectivity index (χ4n) is 2.49. The van der Waals surface area contributed by atoms with Crippen molar-refractivity contribution < 1.29 is 14.4 Å². The van der Waals surface area contributed by atoms with Crippen LogP contribution in [0.15, 0.2) is 24.3 Å². The first-order valence-electron chi connectivity index (χ1n) is 7.55. The van der Waals surface area contributed by atoms with Gasteiger partial charge in [-0.2, -0.15) is 0 Å². The monoisotopic (exact) mass is 429 g/mol. The maximum Gasteiger partial charge on any atom is 0.252 e. The first kappa shape index (κ1) is 17.7. The summed E-state index contributed by atoms with van der Waals surface area (Å²) in [4.78, 5) is 39.2. The lowest BCUT2D eigenvalue weighted by molar-refractivity contribution is -0.131. The Hall–Kier alpha value is -1.64. The molecule has 3 amide bonds. The lowest BCUT2D eigenvalue weighted by Crippen LogP contribution is -2.42. The van der Waals surface area contributed by atoms with Crippen LogP contribution in [0.2, 0.25) is 0 Å². The van der Waals surface area contributed by atoms with Crippen molar-refractivity contribution in [3.8, 4) is 0 Å². The van der Waals surface area contributed by atoms with Crippen molar-refractivity contribution >= 4 is 40.3 Å². The average molecular weight is 429 g/mol. The molecule has 0 bridgehead atoms. The molecule has 1 aromatic carbocycles. The van der Waals surface area contributed by atoms with E-state index >= 15 is 0 Å². The molecule has 6 nitrogen and oxygen atoms in total. The topological polar surface area (TPSA) is 69.7 Å². The van der Waals surface area contributed by atoms with E-state index in [0.717, 1.165) is 9.99 Å². The molecule has 1 aliphatic heterocycles. The molecule has 23 heavy (non-hydrogen) atoms. The number of carbonyl (C=O) groups is 3. The Labute approximate surface area is 149 Å². The minimum atomic E-state index is -0.247. The van der Waals surface area contributed by atoms with Gasteiger partial charge in [-0.3, -0.25) is 14.4 Å². The quantitative estimate of drug-likeness (QED) is 0.732. The highest BCUT2D eigenvalue weighted by molar-refractivity contribution is 14.1. The van der Waals surface area contributed by atoms with E-state index in [2.05, 4.69) is 27.9 Å². The van der Waals surface area contributed by atoms with Crippen molar-refractivity contribution in [1.29, 1.82) is 0 Å². The molecule has 1 aliphatic rings. The molecule has 0 aromatic heterocycles. The summed E-state index contributed by atoms with van der Waals surface area (Å²) in [5.41, 5.74) is 0.569. The molecule has 1 fully saturated rings. The van der Waals surface area contributed by atoms with E-state index < -0.39 is 0 Å². The number of rotatable bonds is 3. The molecule has 2 rings (SSSR count). The molecule has 1 N–H and O–H groups in total. The van der Waals surface area contributed by atoms with Gasteiger partial charge in [0, 0.05) is 36.7 Å². The van der Waals surface area contributed by atoms with Gasteiger partial charge in [0.25, 0.3) is 5.91 Å². The first-order chi connectivity index (χ1) is 11.0. The minimum absolute atomic E-state index is 0.0239. The summed E-state index contributed by atoms with van der Waals surface area (Å²) in [5, 5.41) is 2.68. The van der Waals surface area contributed by atoms with E-state index in [1.54, 1.807) is 28.9 Å². The predicted octanol–water partition coefficient (Wildman–Crippen LogP) is 1.10. The molecule has 124 valence electrons. The summed E-state index contributed by atoms with van der Waals surface area (Å²) in [5.74, 6) is -0.329. The summed E-state index contributed by atoms with van der Waals surface area (Å²) in [6.45, 7) is 3.86. The number of nitrogens with one attached hydrogen (secondary N) is 1. The molecule has 1 saturated heterocycles. The molecule has 1 aromatic rings. The van der Waals surface area contributed by atoms with Crippen molar-refractivity contribution in [3.05, 3.63) is 33.4 Å². The van der Waals surface area contributed by atoms with Crippen LogP contribution in [0.3, 0.4) is 0 Å². The molecule has 0 saturated carbocycles. The van der Waals surface area contributed by atoms with Crippen molar-refractivity contribution in [2.45, 2.75) is 13.3 Å². The Balaban J connectivity index is 1.86. The van der Waals surface area contributed by atoms with Crippen LogP contribution in [-0.2, 0) is 9.59 Å². The van der Waals surface area contributed by atoms with Crippen LogP contribution in [0.1, 0.15) is 23.7 Å². The van der Waals surface area contributed by atoms with E-state index in [9.17, 15) is 14.4 Å². The number of hydrogen-bond acceptors (Lipinski definition) is 3. The maximum atomic E-state index is 12.3. The van der Waals surface area contributed by atoms with Gasteiger partial charge in [0.1, 0.15) is 0 Å². The number of benzene rings is 1. The van der Waals surface area contributed by atoms with Crippen LogP contribution in [-0.4, -0.2) is 60.2 Å². The van der Waals surface area contributed by atoms with Gasteiger partial charge in [0.2, 0.25) is 11.8 Å². The smallest absolute Gasteiger partial charge is 0.252 e. The highest BCUT2D eigenvalue weighted by atomic mass is 127. The number of halogens is 1. The van der Waals surface area contributed by atoms with E-state index in [1.807, 2.05) is 12.1 Å². The predicted molar refractivity (Wildman–Crippen MR) is 94.9 cm³/mol. The van der Waals surface area contributed by atoms with Crippen LogP contribution in [0, 0.1) is 3.57 Å². The first-order valence-corrected chi connectivity index (χ1v) is 8.63. The molecule has 0 radical (unpaired) electrons. The van der Waals surface area contributed by atoms with Gasteiger partial charge in [-0.05, 0) is 41.1 Å². The van der Waals surface area contributed by atoms with E-state index in [-0.39, 0.29) is 24.3 Å². The van der Waals surface area contributed by atoms with E-state index in [0.29, 0.717) is 31.7 Å².